The second kappa shape index (κ2) is 9.42. The molecule has 0 bridgehead atoms. The highest BCUT2D eigenvalue weighted by Crippen LogP contribution is 2.27. The van der Waals surface area contributed by atoms with Gasteiger partial charge in [-0.25, -0.2) is 0 Å². The number of thioether (sulfide) groups is 1. The van der Waals surface area contributed by atoms with E-state index in [1.165, 1.54) is 0 Å². The zero-order valence-electron chi connectivity index (χ0n) is 12.0. The first-order chi connectivity index (χ1) is 11.0. The quantitative estimate of drug-likeness (QED) is 0.489. The molecule has 0 saturated carbocycles. The number of ether oxygens (including phenoxy) is 1. The number of hydrogen-bond acceptors (Lipinski definition) is 3. The van der Waals surface area contributed by atoms with Crippen LogP contribution in [0.2, 0.25) is 10.0 Å². The van der Waals surface area contributed by atoms with E-state index in [1.54, 1.807) is 30.0 Å². The third kappa shape index (κ3) is 6.63. The topological polar surface area (TPSA) is 38.3 Å². The van der Waals surface area contributed by atoms with Crippen LogP contribution in [-0.2, 0) is 4.79 Å². The van der Waals surface area contributed by atoms with Gasteiger partial charge in [-0.1, -0.05) is 23.2 Å². The molecule has 0 aliphatic rings. The van der Waals surface area contributed by atoms with E-state index in [0.29, 0.717) is 22.3 Å². The lowest BCUT2D eigenvalue weighted by atomic mass is 10.3. The number of hydrogen-bond donors (Lipinski definition) is 1. The summed E-state index contributed by atoms with van der Waals surface area (Å²) in [7, 11) is 0. The third-order valence-corrected chi connectivity index (χ3v) is 4.88. The fourth-order valence-electron chi connectivity index (χ4n) is 1.68. The molecule has 7 heteroatoms. The van der Waals surface area contributed by atoms with Crippen LogP contribution >= 0.6 is 50.9 Å². The van der Waals surface area contributed by atoms with Gasteiger partial charge >= 0.3 is 0 Å². The van der Waals surface area contributed by atoms with Crippen LogP contribution in [0, 0.1) is 0 Å². The minimum absolute atomic E-state index is 0.0359. The first kappa shape index (κ1) is 18.5. The lowest BCUT2D eigenvalue weighted by Gasteiger charge is -2.09. The highest BCUT2D eigenvalue weighted by atomic mass is 79.9. The van der Waals surface area contributed by atoms with E-state index in [0.717, 1.165) is 15.1 Å². The Balaban J connectivity index is 1.66. The standard InChI is InChI=1S/C16H14BrCl2NO2S/c17-14-9-12(19)3-6-15(14)22-10-16(21)20-7-8-23-13-4-1-11(18)2-5-13/h1-6,9H,7-8,10H2,(H,20,21). The van der Waals surface area contributed by atoms with E-state index in [1.807, 2.05) is 24.3 Å². The molecule has 0 unspecified atom stereocenters. The Bertz CT molecular complexity index is 668. The van der Waals surface area contributed by atoms with Gasteiger partial charge in [0.2, 0.25) is 0 Å². The molecule has 1 N–H and O–H groups in total. The number of benzene rings is 2. The SMILES string of the molecule is O=C(COc1ccc(Cl)cc1Br)NCCSc1ccc(Cl)cc1. The smallest absolute Gasteiger partial charge is 0.257 e. The van der Waals surface area contributed by atoms with E-state index in [-0.39, 0.29) is 12.5 Å². The average Bonchev–Trinajstić information content (AvgIpc) is 2.52. The van der Waals surface area contributed by atoms with Gasteiger partial charge in [0.15, 0.2) is 6.61 Å². The second-order valence-corrected chi connectivity index (χ2v) is 7.41. The van der Waals surface area contributed by atoms with Crippen molar-refractivity contribution in [2.45, 2.75) is 4.90 Å². The summed E-state index contributed by atoms with van der Waals surface area (Å²) in [5, 5.41) is 4.13. The highest BCUT2D eigenvalue weighted by molar-refractivity contribution is 9.10. The molecule has 0 atom stereocenters. The molecule has 1 amide bonds. The van der Waals surface area contributed by atoms with Crippen LogP contribution in [0.25, 0.3) is 0 Å². The zero-order chi connectivity index (χ0) is 16.7. The first-order valence-corrected chi connectivity index (χ1v) is 9.31. The molecule has 2 rings (SSSR count). The maximum Gasteiger partial charge on any atom is 0.257 e. The number of carbonyl (C=O) groups is 1. The maximum absolute atomic E-state index is 11.7. The number of amides is 1. The van der Waals surface area contributed by atoms with Gasteiger partial charge < -0.3 is 10.1 Å². The molecule has 122 valence electrons. The summed E-state index contributed by atoms with van der Waals surface area (Å²) in [6.07, 6.45) is 0. The van der Waals surface area contributed by atoms with Crippen LogP contribution in [0.4, 0.5) is 0 Å². The molecule has 0 aliphatic carbocycles. The molecule has 23 heavy (non-hydrogen) atoms. The van der Waals surface area contributed by atoms with Crippen LogP contribution in [-0.4, -0.2) is 24.8 Å². The van der Waals surface area contributed by atoms with Gasteiger partial charge in [-0.15, -0.1) is 11.8 Å². The minimum atomic E-state index is -0.163. The molecule has 0 aromatic heterocycles. The molecule has 2 aromatic carbocycles. The monoisotopic (exact) mass is 433 g/mol. The number of nitrogens with one attached hydrogen (secondary N) is 1. The van der Waals surface area contributed by atoms with Crippen LogP contribution in [0.15, 0.2) is 51.8 Å². The van der Waals surface area contributed by atoms with Gasteiger partial charge in [0, 0.05) is 27.2 Å². The van der Waals surface area contributed by atoms with Gasteiger partial charge in [0.25, 0.3) is 5.91 Å². The van der Waals surface area contributed by atoms with Crippen molar-refractivity contribution in [2.24, 2.45) is 0 Å². The van der Waals surface area contributed by atoms with Crippen molar-refractivity contribution in [3.8, 4) is 5.75 Å². The Kier molecular flexibility index (Phi) is 7.56. The lowest BCUT2D eigenvalue weighted by molar-refractivity contribution is -0.122. The highest BCUT2D eigenvalue weighted by Gasteiger charge is 2.06. The van der Waals surface area contributed by atoms with Gasteiger partial charge in [0.05, 0.1) is 4.47 Å². The fraction of sp³-hybridized carbons (Fsp3) is 0.188. The van der Waals surface area contributed by atoms with E-state index in [4.69, 9.17) is 27.9 Å². The summed E-state index contributed by atoms with van der Waals surface area (Å²) in [5.41, 5.74) is 0. The summed E-state index contributed by atoms with van der Waals surface area (Å²) >= 11 is 16.7. The van der Waals surface area contributed by atoms with Gasteiger partial charge in [-0.05, 0) is 58.4 Å². The summed E-state index contributed by atoms with van der Waals surface area (Å²) in [6.45, 7) is 0.531. The van der Waals surface area contributed by atoms with Crippen molar-refractivity contribution >= 4 is 56.8 Å². The average molecular weight is 435 g/mol. The minimum Gasteiger partial charge on any atom is -0.483 e. The molecular formula is C16H14BrCl2NO2S. The molecular weight excluding hydrogens is 421 g/mol. The Morgan fingerprint density at radius 2 is 1.83 bits per heavy atom. The number of halogens is 3. The Labute approximate surface area is 157 Å². The first-order valence-electron chi connectivity index (χ1n) is 6.77. The Morgan fingerprint density at radius 3 is 2.52 bits per heavy atom. The lowest BCUT2D eigenvalue weighted by Crippen LogP contribution is -2.30. The molecule has 0 fully saturated rings. The largest absolute Gasteiger partial charge is 0.483 e. The molecule has 2 aromatic rings. The van der Waals surface area contributed by atoms with Crippen LogP contribution < -0.4 is 10.1 Å². The van der Waals surface area contributed by atoms with Crippen molar-refractivity contribution in [1.82, 2.24) is 5.32 Å². The summed E-state index contributed by atoms with van der Waals surface area (Å²) in [4.78, 5) is 12.9. The van der Waals surface area contributed by atoms with E-state index >= 15 is 0 Å². The molecule has 0 radical (unpaired) electrons. The van der Waals surface area contributed by atoms with Crippen LogP contribution in [0.1, 0.15) is 0 Å². The van der Waals surface area contributed by atoms with E-state index in [9.17, 15) is 4.79 Å². The van der Waals surface area contributed by atoms with Crippen molar-refractivity contribution in [3.05, 3.63) is 57.0 Å². The normalized spacial score (nSPS) is 10.4. The summed E-state index contributed by atoms with van der Waals surface area (Å²) in [6, 6.07) is 12.8. The zero-order valence-corrected chi connectivity index (χ0v) is 15.9. The van der Waals surface area contributed by atoms with Crippen LogP contribution in [0.3, 0.4) is 0 Å². The molecule has 0 spiro atoms. The fourth-order valence-corrected chi connectivity index (χ4v) is 3.37. The van der Waals surface area contributed by atoms with Crippen molar-refractivity contribution in [3.63, 3.8) is 0 Å². The van der Waals surface area contributed by atoms with E-state index < -0.39 is 0 Å². The Hall–Kier alpha value is -0.880. The van der Waals surface area contributed by atoms with Crippen LogP contribution in [0.5, 0.6) is 5.75 Å². The van der Waals surface area contributed by atoms with Gasteiger partial charge in [-0.3, -0.25) is 4.79 Å². The van der Waals surface area contributed by atoms with Crippen molar-refractivity contribution in [2.75, 3.05) is 18.9 Å². The molecule has 3 nitrogen and oxygen atoms in total. The predicted molar refractivity (Wildman–Crippen MR) is 99.8 cm³/mol. The summed E-state index contributed by atoms with van der Waals surface area (Å²) in [5.74, 6) is 1.20. The molecule has 0 heterocycles. The second-order valence-electron chi connectivity index (χ2n) is 4.52. The molecule has 0 saturated heterocycles. The van der Waals surface area contributed by atoms with Gasteiger partial charge in [-0.2, -0.15) is 0 Å². The van der Waals surface area contributed by atoms with Gasteiger partial charge in [0.1, 0.15) is 5.75 Å². The predicted octanol–water partition coefficient (Wildman–Crippen LogP) is 5.04. The third-order valence-electron chi connectivity index (χ3n) is 2.76. The van der Waals surface area contributed by atoms with E-state index in [2.05, 4.69) is 21.2 Å². The number of carbonyl (C=O) groups excluding carboxylic acids is 1. The molecule has 0 aliphatic heterocycles. The maximum atomic E-state index is 11.7. The number of rotatable bonds is 7. The van der Waals surface area contributed by atoms with Crippen molar-refractivity contribution in [1.29, 1.82) is 0 Å². The Morgan fingerprint density at radius 1 is 1.13 bits per heavy atom. The van der Waals surface area contributed by atoms with Crippen molar-refractivity contribution < 1.29 is 9.53 Å². The summed E-state index contributed by atoms with van der Waals surface area (Å²) < 4.78 is 6.16.